The summed E-state index contributed by atoms with van der Waals surface area (Å²) in [6.45, 7) is 1.55. The first-order valence-corrected chi connectivity index (χ1v) is 9.09. The normalized spacial score (nSPS) is 11.7. The van der Waals surface area contributed by atoms with E-state index in [-0.39, 0.29) is 22.4 Å². The van der Waals surface area contributed by atoms with E-state index in [1.165, 1.54) is 18.9 Å². The summed E-state index contributed by atoms with van der Waals surface area (Å²) in [4.78, 5) is 4.57. The summed E-state index contributed by atoms with van der Waals surface area (Å²) in [7, 11) is 2.93. The highest BCUT2D eigenvalue weighted by atomic mass is 19.4. The second kappa shape index (κ2) is 7.37. The van der Waals surface area contributed by atoms with E-state index in [4.69, 9.17) is 9.47 Å². The first-order chi connectivity index (χ1) is 14.3. The van der Waals surface area contributed by atoms with Crippen LogP contribution in [0.2, 0.25) is 0 Å². The van der Waals surface area contributed by atoms with Crippen molar-refractivity contribution >= 4 is 11.0 Å². The zero-order chi connectivity index (χ0) is 21.5. The van der Waals surface area contributed by atoms with Crippen molar-refractivity contribution in [1.29, 1.82) is 0 Å². The third kappa shape index (κ3) is 3.34. The monoisotopic (exact) mass is 413 g/mol. The number of nitrogens with zero attached hydrogens (tertiary/aromatic N) is 3. The molecule has 2 aromatic carbocycles. The molecule has 0 saturated carbocycles. The number of benzene rings is 2. The minimum absolute atomic E-state index is 0.0306. The molecule has 4 rings (SSSR count). The molecule has 8 heteroatoms. The summed E-state index contributed by atoms with van der Waals surface area (Å²) in [5.41, 5.74) is 0.689. The van der Waals surface area contributed by atoms with Gasteiger partial charge in [0.15, 0.2) is 5.65 Å². The highest BCUT2D eigenvalue weighted by Gasteiger charge is 2.36. The Morgan fingerprint density at radius 2 is 1.67 bits per heavy atom. The molecule has 0 saturated heterocycles. The molecule has 4 aromatic rings. The van der Waals surface area contributed by atoms with E-state index in [0.29, 0.717) is 22.7 Å². The van der Waals surface area contributed by atoms with Crippen LogP contribution in [0, 0.1) is 6.92 Å². The summed E-state index contributed by atoms with van der Waals surface area (Å²) >= 11 is 0. The van der Waals surface area contributed by atoms with Crippen LogP contribution in [0.4, 0.5) is 13.2 Å². The van der Waals surface area contributed by atoms with Crippen molar-refractivity contribution in [2.45, 2.75) is 13.1 Å². The maximum atomic E-state index is 14.0. The Kier molecular flexibility index (Phi) is 4.85. The van der Waals surface area contributed by atoms with E-state index in [0.717, 1.165) is 6.07 Å². The predicted molar refractivity (Wildman–Crippen MR) is 107 cm³/mol. The van der Waals surface area contributed by atoms with Crippen molar-refractivity contribution < 1.29 is 22.6 Å². The van der Waals surface area contributed by atoms with Gasteiger partial charge in [0.25, 0.3) is 0 Å². The van der Waals surface area contributed by atoms with Gasteiger partial charge in [-0.15, -0.1) is 0 Å². The van der Waals surface area contributed by atoms with Crippen LogP contribution in [0.15, 0.2) is 54.6 Å². The van der Waals surface area contributed by atoms with Gasteiger partial charge in [-0.1, -0.05) is 18.2 Å². The standard InChI is InChI=1S/C22H18F3N3O2/c1-13-20-17(22(23,24)25)12-18(16-11-15(29-2)9-10-19(16)30-3)26-21(20)28(27-13)14-7-5-4-6-8-14/h4-12H,1-3H3. The third-order valence-electron chi connectivity index (χ3n) is 4.80. The highest BCUT2D eigenvalue weighted by molar-refractivity contribution is 5.87. The average molecular weight is 413 g/mol. The molecular formula is C22H18F3N3O2. The fraction of sp³-hybridized carbons (Fsp3) is 0.182. The van der Waals surface area contributed by atoms with Crippen molar-refractivity contribution in [2.24, 2.45) is 0 Å². The van der Waals surface area contributed by atoms with E-state index >= 15 is 0 Å². The number of methoxy groups -OCH3 is 2. The lowest BCUT2D eigenvalue weighted by atomic mass is 10.0. The maximum Gasteiger partial charge on any atom is 0.417 e. The van der Waals surface area contributed by atoms with Crippen LogP contribution in [0.5, 0.6) is 11.5 Å². The summed E-state index contributed by atoms with van der Waals surface area (Å²) in [5, 5.41) is 4.31. The lowest BCUT2D eigenvalue weighted by molar-refractivity contribution is -0.136. The fourth-order valence-corrected chi connectivity index (χ4v) is 3.41. The largest absolute Gasteiger partial charge is 0.497 e. The Hall–Kier alpha value is -3.55. The molecule has 2 heterocycles. The Morgan fingerprint density at radius 3 is 2.30 bits per heavy atom. The smallest absolute Gasteiger partial charge is 0.417 e. The Labute approximate surface area is 170 Å². The minimum atomic E-state index is -4.59. The second-order valence-electron chi connectivity index (χ2n) is 6.65. The Bertz CT molecular complexity index is 1220. The summed E-state index contributed by atoms with van der Waals surface area (Å²) < 4.78 is 54.1. The van der Waals surface area contributed by atoms with Gasteiger partial charge in [-0.05, 0) is 43.3 Å². The van der Waals surface area contributed by atoms with Crippen LogP contribution in [-0.2, 0) is 6.18 Å². The van der Waals surface area contributed by atoms with Gasteiger partial charge < -0.3 is 9.47 Å². The van der Waals surface area contributed by atoms with Gasteiger partial charge >= 0.3 is 6.18 Å². The van der Waals surface area contributed by atoms with Gasteiger partial charge in [0, 0.05) is 5.56 Å². The molecule has 0 fully saturated rings. The van der Waals surface area contributed by atoms with Crippen LogP contribution >= 0.6 is 0 Å². The fourth-order valence-electron chi connectivity index (χ4n) is 3.41. The molecule has 0 aliphatic carbocycles. The van der Waals surface area contributed by atoms with Gasteiger partial charge in [0.2, 0.25) is 0 Å². The molecule has 0 N–H and O–H groups in total. The lowest BCUT2D eigenvalue weighted by Crippen LogP contribution is -2.08. The number of aryl methyl sites for hydroxylation is 1. The number of rotatable bonds is 4. The molecule has 5 nitrogen and oxygen atoms in total. The molecule has 154 valence electrons. The molecule has 0 bridgehead atoms. The average Bonchev–Trinajstić information content (AvgIpc) is 3.09. The van der Waals surface area contributed by atoms with Crippen molar-refractivity contribution in [3.05, 3.63) is 65.9 Å². The van der Waals surface area contributed by atoms with Gasteiger partial charge in [-0.2, -0.15) is 18.3 Å². The predicted octanol–water partition coefficient (Wildman–Crippen LogP) is 5.43. The number of fused-ring (bicyclic) bond motifs is 1. The van der Waals surface area contributed by atoms with Crippen molar-refractivity contribution in [3.8, 4) is 28.4 Å². The van der Waals surface area contributed by atoms with Crippen molar-refractivity contribution in [3.63, 3.8) is 0 Å². The van der Waals surface area contributed by atoms with Crippen LogP contribution in [-0.4, -0.2) is 29.0 Å². The molecular weight excluding hydrogens is 395 g/mol. The van der Waals surface area contributed by atoms with Gasteiger partial charge in [-0.25, -0.2) is 9.67 Å². The molecule has 0 spiro atoms. The van der Waals surface area contributed by atoms with E-state index in [1.54, 1.807) is 49.4 Å². The van der Waals surface area contributed by atoms with Crippen LogP contribution in [0.1, 0.15) is 11.3 Å². The quantitative estimate of drug-likeness (QED) is 0.448. The minimum Gasteiger partial charge on any atom is -0.497 e. The first-order valence-electron chi connectivity index (χ1n) is 9.09. The number of hydrogen-bond donors (Lipinski definition) is 0. The van der Waals surface area contributed by atoms with Gasteiger partial charge in [0.1, 0.15) is 11.5 Å². The van der Waals surface area contributed by atoms with E-state index in [1.807, 2.05) is 6.07 Å². The van der Waals surface area contributed by atoms with Crippen LogP contribution < -0.4 is 9.47 Å². The van der Waals surface area contributed by atoms with E-state index in [9.17, 15) is 13.2 Å². The van der Waals surface area contributed by atoms with Gasteiger partial charge in [-0.3, -0.25) is 0 Å². The molecule has 2 aromatic heterocycles. The second-order valence-corrected chi connectivity index (χ2v) is 6.65. The van der Waals surface area contributed by atoms with Gasteiger partial charge in [0.05, 0.1) is 42.2 Å². The van der Waals surface area contributed by atoms with E-state index in [2.05, 4.69) is 10.1 Å². The zero-order valence-corrected chi connectivity index (χ0v) is 16.5. The lowest BCUT2D eigenvalue weighted by Gasteiger charge is -2.14. The number of para-hydroxylation sites is 1. The maximum absolute atomic E-state index is 14.0. The molecule has 30 heavy (non-hydrogen) atoms. The number of alkyl halides is 3. The molecule has 0 aliphatic heterocycles. The highest BCUT2D eigenvalue weighted by Crippen LogP contribution is 2.41. The number of aromatic nitrogens is 3. The molecule has 0 radical (unpaired) electrons. The SMILES string of the molecule is COc1ccc(OC)c(-c2cc(C(F)(F)F)c3c(C)nn(-c4ccccc4)c3n2)c1. The number of ether oxygens (including phenoxy) is 2. The molecule has 0 aliphatic rings. The molecule has 0 unspecified atom stereocenters. The number of pyridine rings is 1. The van der Waals surface area contributed by atoms with E-state index < -0.39 is 11.7 Å². The first kappa shape index (κ1) is 19.8. The number of hydrogen-bond acceptors (Lipinski definition) is 4. The van der Waals surface area contributed by atoms with Crippen molar-refractivity contribution in [1.82, 2.24) is 14.8 Å². The summed E-state index contributed by atoms with van der Waals surface area (Å²) in [5.74, 6) is 0.868. The molecule has 0 amide bonds. The topological polar surface area (TPSA) is 49.2 Å². The Balaban J connectivity index is 2.08. The zero-order valence-electron chi connectivity index (χ0n) is 16.5. The number of halogens is 3. The Morgan fingerprint density at radius 1 is 0.933 bits per heavy atom. The third-order valence-corrected chi connectivity index (χ3v) is 4.80. The van der Waals surface area contributed by atoms with Crippen LogP contribution in [0.3, 0.4) is 0 Å². The summed E-state index contributed by atoms with van der Waals surface area (Å²) in [6, 6.07) is 14.9. The molecule has 0 atom stereocenters. The van der Waals surface area contributed by atoms with Crippen molar-refractivity contribution in [2.75, 3.05) is 14.2 Å². The summed E-state index contributed by atoms with van der Waals surface area (Å²) in [6.07, 6.45) is -4.59. The van der Waals surface area contributed by atoms with Crippen LogP contribution in [0.25, 0.3) is 28.0 Å².